The van der Waals surface area contributed by atoms with Gasteiger partial charge in [-0.05, 0) is 26.2 Å². The van der Waals surface area contributed by atoms with Crippen molar-refractivity contribution in [2.75, 3.05) is 0 Å². The van der Waals surface area contributed by atoms with Gasteiger partial charge in [-0.1, -0.05) is 0 Å². The van der Waals surface area contributed by atoms with Gasteiger partial charge in [-0.25, -0.2) is 4.98 Å². The number of imidazole rings is 1. The van der Waals surface area contributed by atoms with Crippen LogP contribution in [-0.4, -0.2) is 42.6 Å². The molecule has 0 bridgehead atoms. The highest BCUT2D eigenvalue weighted by Gasteiger charge is 2.45. The highest BCUT2D eigenvalue weighted by molar-refractivity contribution is 5.78. The van der Waals surface area contributed by atoms with E-state index >= 15 is 0 Å². The Labute approximate surface area is 141 Å². The number of aromatic nitrogens is 4. The topological polar surface area (TPSA) is 78.8 Å². The van der Waals surface area contributed by atoms with E-state index < -0.39 is 0 Å². The second-order valence-electron chi connectivity index (χ2n) is 6.94. The first-order valence-corrected chi connectivity index (χ1v) is 8.68. The highest BCUT2D eigenvalue weighted by Crippen LogP contribution is 2.40. The van der Waals surface area contributed by atoms with Gasteiger partial charge >= 0.3 is 0 Å². The fourth-order valence-corrected chi connectivity index (χ4v) is 3.75. The van der Waals surface area contributed by atoms with E-state index in [1.807, 2.05) is 36.4 Å². The largest absolute Gasteiger partial charge is 0.336 e. The summed E-state index contributed by atoms with van der Waals surface area (Å²) in [6, 6.07) is 0.737. The molecule has 2 fully saturated rings. The standard InChI is InChI=1S/C17H24N6O/c1-11(12-9-19-20-10-12)21-14-5-6-15(24)23(13-3-4-13)16(14)17-18-7-8-22(17)2/h7-11,13-14,16,21H,3-6H2,1-2H3,(H,19,20)/t11?,14-,16-/m1/s1. The minimum atomic E-state index is -0.00639. The average molecular weight is 328 g/mol. The molecule has 7 heteroatoms. The highest BCUT2D eigenvalue weighted by atomic mass is 16.2. The van der Waals surface area contributed by atoms with Gasteiger partial charge in [0, 0.05) is 55.7 Å². The van der Waals surface area contributed by atoms with E-state index in [0.29, 0.717) is 12.5 Å². The second-order valence-corrected chi connectivity index (χ2v) is 6.94. The molecule has 1 saturated heterocycles. The molecule has 1 amide bonds. The van der Waals surface area contributed by atoms with Crippen molar-refractivity contribution in [2.24, 2.45) is 7.05 Å². The van der Waals surface area contributed by atoms with Crippen molar-refractivity contribution in [3.05, 3.63) is 36.2 Å². The smallest absolute Gasteiger partial charge is 0.223 e. The Bertz CT molecular complexity index is 704. The molecule has 3 atom stereocenters. The van der Waals surface area contributed by atoms with Crippen LogP contribution in [0.25, 0.3) is 0 Å². The first kappa shape index (κ1) is 15.4. The molecule has 3 heterocycles. The van der Waals surface area contributed by atoms with Crippen LogP contribution in [0.3, 0.4) is 0 Å². The minimum Gasteiger partial charge on any atom is -0.336 e. The second kappa shape index (κ2) is 6.05. The van der Waals surface area contributed by atoms with Crippen LogP contribution < -0.4 is 5.32 Å². The normalized spacial score (nSPS) is 25.9. The zero-order valence-corrected chi connectivity index (χ0v) is 14.1. The van der Waals surface area contributed by atoms with Crippen molar-refractivity contribution in [1.29, 1.82) is 0 Å². The lowest BCUT2D eigenvalue weighted by molar-refractivity contribution is -0.139. The fourth-order valence-electron chi connectivity index (χ4n) is 3.75. The van der Waals surface area contributed by atoms with Crippen LogP contribution >= 0.6 is 0 Å². The lowest BCUT2D eigenvalue weighted by atomic mass is 9.93. The predicted octanol–water partition coefficient (Wildman–Crippen LogP) is 1.69. The van der Waals surface area contributed by atoms with E-state index in [-0.39, 0.29) is 24.0 Å². The van der Waals surface area contributed by atoms with Crippen molar-refractivity contribution in [1.82, 2.24) is 30.0 Å². The number of amides is 1. The summed E-state index contributed by atoms with van der Waals surface area (Å²) in [5.41, 5.74) is 1.13. The van der Waals surface area contributed by atoms with Crippen LogP contribution in [0, 0.1) is 0 Å². The number of nitrogens with zero attached hydrogens (tertiary/aromatic N) is 4. The fraction of sp³-hybridized carbons (Fsp3) is 0.588. The number of piperidine rings is 1. The quantitative estimate of drug-likeness (QED) is 0.875. The number of carbonyl (C=O) groups is 1. The van der Waals surface area contributed by atoms with Gasteiger partial charge in [-0.15, -0.1) is 0 Å². The van der Waals surface area contributed by atoms with Gasteiger partial charge in [0.2, 0.25) is 5.91 Å². The number of nitrogens with one attached hydrogen (secondary N) is 2. The van der Waals surface area contributed by atoms with E-state index in [9.17, 15) is 4.79 Å². The molecule has 7 nitrogen and oxygen atoms in total. The Morgan fingerprint density at radius 3 is 2.83 bits per heavy atom. The average Bonchev–Trinajstić information content (AvgIpc) is 3.07. The number of likely N-dealkylation sites (tertiary alicyclic amines) is 1. The Morgan fingerprint density at radius 2 is 2.21 bits per heavy atom. The maximum absolute atomic E-state index is 12.6. The van der Waals surface area contributed by atoms with E-state index in [1.165, 1.54) is 0 Å². The molecule has 0 radical (unpaired) electrons. The lowest BCUT2D eigenvalue weighted by Crippen LogP contribution is -2.52. The predicted molar refractivity (Wildman–Crippen MR) is 89.0 cm³/mol. The van der Waals surface area contributed by atoms with Crippen LogP contribution in [-0.2, 0) is 11.8 Å². The van der Waals surface area contributed by atoms with Gasteiger partial charge in [0.05, 0.1) is 6.20 Å². The maximum atomic E-state index is 12.6. The van der Waals surface area contributed by atoms with E-state index in [1.54, 1.807) is 0 Å². The molecule has 128 valence electrons. The Hall–Kier alpha value is -2.15. The molecular formula is C17H24N6O. The molecule has 1 aliphatic heterocycles. The van der Waals surface area contributed by atoms with Gasteiger partial charge in [0.15, 0.2) is 0 Å². The Balaban J connectivity index is 1.63. The third-order valence-corrected chi connectivity index (χ3v) is 5.18. The molecule has 2 aromatic heterocycles. The van der Waals surface area contributed by atoms with Crippen LogP contribution in [0.2, 0.25) is 0 Å². The zero-order chi connectivity index (χ0) is 16.7. The van der Waals surface area contributed by atoms with Crippen molar-refractivity contribution in [2.45, 2.75) is 56.8 Å². The molecular weight excluding hydrogens is 304 g/mol. The summed E-state index contributed by atoms with van der Waals surface area (Å²) in [6.45, 7) is 2.14. The van der Waals surface area contributed by atoms with Gasteiger partial charge < -0.3 is 14.8 Å². The van der Waals surface area contributed by atoms with Crippen LogP contribution in [0.1, 0.15) is 56.1 Å². The first-order chi connectivity index (χ1) is 11.6. The maximum Gasteiger partial charge on any atom is 0.223 e. The number of hydrogen-bond acceptors (Lipinski definition) is 4. The third kappa shape index (κ3) is 2.73. The number of carbonyl (C=O) groups excluding carboxylic acids is 1. The molecule has 1 aliphatic carbocycles. The number of hydrogen-bond donors (Lipinski definition) is 2. The molecule has 2 aliphatic rings. The zero-order valence-electron chi connectivity index (χ0n) is 14.1. The minimum absolute atomic E-state index is 0.00639. The monoisotopic (exact) mass is 328 g/mol. The molecule has 2 N–H and O–H groups in total. The van der Waals surface area contributed by atoms with Crippen LogP contribution in [0.5, 0.6) is 0 Å². The number of aromatic amines is 1. The number of rotatable bonds is 5. The summed E-state index contributed by atoms with van der Waals surface area (Å²) >= 11 is 0. The van der Waals surface area contributed by atoms with Crippen molar-refractivity contribution >= 4 is 5.91 Å². The first-order valence-electron chi connectivity index (χ1n) is 8.68. The van der Waals surface area contributed by atoms with Gasteiger partial charge in [-0.3, -0.25) is 9.89 Å². The summed E-state index contributed by atoms with van der Waals surface area (Å²) in [5.74, 6) is 1.23. The number of aryl methyl sites for hydroxylation is 1. The summed E-state index contributed by atoms with van der Waals surface area (Å²) in [5, 5.41) is 10.6. The lowest BCUT2D eigenvalue weighted by Gasteiger charge is -2.42. The summed E-state index contributed by atoms with van der Waals surface area (Å²) in [4.78, 5) is 19.3. The molecule has 4 rings (SSSR count). The number of H-pyrrole nitrogens is 1. The van der Waals surface area contributed by atoms with E-state index in [0.717, 1.165) is 30.7 Å². The van der Waals surface area contributed by atoms with Gasteiger partial charge in [-0.2, -0.15) is 5.10 Å². The van der Waals surface area contributed by atoms with Crippen molar-refractivity contribution in [3.63, 3.8) is 0 Å². The molecule has 2 aromatic rings. The third-order valence-electron chi connectivity index (χ3n) is 5.18. The van der Waals surface area contributed by atoms with E-state index in [2.05, 4.69) is 32.3 Å². The molecule has 0 spiro atoms. The molecule has 0 aromatic carbocycles. The molecule has 1 unspecified atom stereocenters. The summed E-state index contributed by atoms with van der Waals surface area (Å²) in [6.07, 6.45) is 11.2. The molecule has 1 saturated carbocycles. The van der Waals surface area contributed by atoms with Gasteiger partial charge in [0.25, 0.3) is 0 Å². The summed E-state index contributed by atoms with van der Waals surface area (Å²) in [7, 11) is 2.00. The SMILES string of the molecule is CC(N[C@@H]1CCC(=O)N(C2CC2)[C@H]1c1nccn1C)c1cn[nH]c1. The van der Waals surface area contributed by atoms with Gasteiger partial charge in [0.1, 0.15) is 11.9 Å². The van der Waals surface area contributed by atoms with Crippen molar-refractivity contribution < 1.29 is 4.79 Å². The van der Waals surface area contributed by atoms with Crippen molar-refractivity contribution in [3.8, 4) is 0 Å². The van der Waals surface area contributed by atoms with Crippen LogP contribution in [0.15, 0.2) is 24.8 Å². The van der Waals surface area contributed by atoms with Crippen LogP contribution in [0.4, 0.5) is 0 Å². The molecule has 24 heavy (non-hydrogen) atoms. The summed E-state index contributed by atoms with van der Waals surface area (Å²) < 4.78 is 2.04. The Kier molecular flexibility index (Phi) is 3.88. The Morgan fingerprint density at radius 1 is 1.38 bits per heavy atom. The van der Waals surface area contributed by atoms with E-state index in [4.69, 9.17) is 0 Å².